The molecule has 0 aliphatic carbocycles. The molecule has 3 nitrogen and oxygen atoms in total. The molecule has 1 unspecified atom stereocenters. The molecule has 1 aromatic carbocycles. The molecule has 0 saturated carbocycles. The maximum absolute atomic E-state index is 11.6. The largest absolute Gasteiger partial charge is 0.493 e. The van der Waals surface area contributed by atoms with Crippen molar-refractivity contribution >= 4 is 5.78 Å². The van der Waals surface area contributed by atoms with Crippen LogP contribution in [0.3, 0.4) is 0 Å². The smallest absolute Gasteiger partial charge is 0.147 e. The van der Waals surface area contributed by atoms with Gasteiger partial charge in [-0.1, -0.05) is 18.2 Å². The van der Waals surface area contributed by atoms with Crippen LogP contribution >= 0.6 is 0 Å². The maximum Gasteiger partial charge on any atom is 0.147 e. The van der Waals surface area contributed by atoms with E-state index in [9.17, 15) is 4.79 Å². The molecule has 16 heavy (non-hydrogen) atoms. The van der Waals surface area contributed by atoms with Gasteiger partial charge in [0, 0.05) is 6.42 Å². The molecule has 1 aliphatic heterocycles. The van der Waals surface area contributed by atoms with Gasteiger partial charge in [-0.2, -0.15) is 0 Å². The van der Waals surface area contributed by atoms with Gasteiger partial charge in [-0.25, -0.2) is 0 Å². The van der Waals surface area contributed by atoms with Gasteiger partial charge in [0.15, 0.2) is 0 Å². The van der Waals surface area contributed by atoms with Gasteiger partial charge in [-0.15, -0.1) is 0 Å². The third-order valence-corrected chi connectivity index (χ3v) is 2.93. The number of Topliss-reactive ketones (excluding diaryl/α,β-unsaturated/α-hetero) is 1. The van der Waals surface area contributed by atoms with Crippen LogP contribution in [0.4, 0.5) is 0 Å². The molecule has 86 valence electrons. The van der Waals surface area contributed by atoms with E-state index in [-0.39, 0.29) is 5.78 Å². The lowest BCUT2D eigenvalue weighted by atomic mass is 9.89. The maximum atomic E-state index is 11.6. The van der Waals surface area contributed by atoms with E-state index in [1.54, 1.807) is 7.05 Å². The van der Waals surface area contributed by atoms with Gasteiger partial charge in [0.1, 0.15) is 11.5 Å². The first-order valence-electron chi connectivity index (χ1n) is 5.69. The fraction of sp³-hybridized carbons (Fsp3) is 0.462. The number of carbonyl (C=O) groups excluding carboxylic acids is 1. The second kappa shape index (κ2) is 5.12. The highest BCUT2D eigenvalue weighted by molar-refractivity contribution is 5.81. The summed E-state index contributed by atoms with van der Waals surface area (Å²) >= 11 is 0. The molecule has 1 atom stereocenters. The summed E-state index contributed by atoms with van der Waals surface area (Å²) in [5.41, 5.74) is 1.18. The minimum atomic E-state index is 0.268. The number of ether oxygens (including phenoxy) is 1. The van der Waals surface area contributed by atoms with Crippen LogP contribution in [-0.4, -0.2) is 26.0 Å². The summed E-state index contributed by atoms with van der Waals surface area (Å²) < 4.78 is 5.57. The summed E-state index contributed by atoms with van der Waals surface area (Å²) in [5, 5.41) is 2.90. The average molecular weight is 219 g/mol. The molecule has 0 amide bonds. The van der Waals surface area contributed by atoms with Crippen LogP contribution in [0.25, 0.3) is 0 Å². The lowest BCUT2D eigenvalue weighted by molar-refractivity contribution is -0.118. The third kappa shape index (κ3) is 2.42. The molecular formula is C13H17NO2. The molecule has 0 spiro atoms. The van der Waals surface area contributed by atoms with Crippen LogP contribution in [0.15, 0.2) is 24.3 Å². The van der Waals surface area contributed by atoms with Crippen LogP contribution in [0.5, 0.6) is 5.75 Å². The topological polar surface area (TPSA) is 38.3 Å². The van der Waals surface area contributed by atoms with Gasteiger partial charge in [0.25, 0.3) is 0 Å². The number of rotatable bonds is 4. The zero-order valence-corrected chi connectivity index (χ0v) is 9.53. The van der Waals surface area contributed by atoms with Gasteiger partial charge in [0.05, 0.1) is 13.2 Å². The van der Waals surface area contributed by atoms with Crippen molar-refractivity contribution in [2.75, 3.05) is 20.2 Å². The predicted octanol–water partition coefficient (Wildman–Crippen LogP) is 1.73. The SMILES string of the molecule is CNCC(=O)CC1CCOc2ccccc21. The normalized spacial score (nSPS) is 18.7. The van der Waals surface area contributed by atoms with Crippen molar-refractivity contribution in [3.05, 3.63) is 29.8 Å². The molecule has 0 aromatic heterocycles. The Bertz CT molecular complexity index is 376. The summed E-state index contributed by atoms with van der Waals surface area (Å²) in [5.74, 6) is 1.53. The fourth-order valence-corrected chi connectivity index (χ4v) is 2.17. The lowest BCUT2D eigenvalue weighted by Gasteiger charge is -2.25. The van der Waals surface area contributed by atoms with Crippen LogP contribution in [0.2, 0.25) is 0 Å². The summed E-state index contributed by atoms with van der Waals surface area (Å²) in [6.07, 6.45) is 1.55. The van der Waals surface area contributed by atoms with Gasteiger partial charge in [0.2, 0.25) is 0 Å². The number of hydrogen-bond acceptors (Lipinski definition) is 3. The number of ketones is 1. The first-order valence-corrected chi connectivity index (χ1v) is 5.69. The zero-order valence-electron chi connectivity index (χ0n) is 9.53. The van der Waals surface area contributed by atoms with Crippen molar-refractivity contribution in [3.8, 4) is 5.75 Å². The average Bonchev–Trinajstić information content (AvgIpc) is 2.30. The number of carbonyl (C=O) groups is 1. The van der Waals surface area contributed by atoms with E-state index in [2.05, 4.69) is 11.4 Å². The Kier molecular flexibility index (Phi) is 3.57. The Morgan fingerprint density at radius 1 is 1.50 bits per heavy atom. The van der Waals surface area contributed by atoms with Crippen LogP contribution in [-0.2, 0) is 4.79 Å². The van der Waals surface area contributed by atoms with Crippen LogP contribution in [0, 0.1) is 0 Å². The number of fused-ring (bicyclic) bond motifs is 1. The molecule has 0 fully saturated rings. The molecule has 1 aromatic rings. The van der Waals surface area contributed by atoms with Crippen molar-refractivity contribution in [2.24, 2.45) is 0 Å². The van der Waals surface area contributed by atoms with Crippen molar-refractivity contribution in [2.45, 2.75) is 18.8 Å². The number of hydrogen-bond donors (Lipinski definition) is 1. The first-order chi connectivity index (χ1) is 7.81. The van der Waals surface area contributed by atoms with Crippen LogP contribution < -0.4 is 10.1 Å². The Morgan fingerprint density at radius 2 is 2.31 bits per heavy atom. The molecule has 2 rings (SSSR count). The lowest BCUT2D eigenvalue weighted by Crippen LogP contribution is -2.23. The highest BCUT2D eigenvalue weighted by Gasteiger charge is 2.22. The van der Waals surface area contributed by atoms with E-state index in [0.717, 1.165) is 12.2 Å². The van der Waals surface area contributed by atoms with E-state index in [1.807, 2.05) is 18.2 Å². The van der Waals surface area contributed by atoms with Gasteiger partial charge in [-0.05, 0) is 31.0 Å². The summed E-state index contributed by atoms with van der Waals surface area (Å²) in [6, 6.07) is 8.01. The zero-order chi connectivity index (χ0) is 11.4. The van der Waals surface area contributed by atoms with Gasteiger partial charge in [-0.3, -0.25) is 4.79 Å². The summed E-state index contributed by atoms with van der Waals surface area (Å²) in [6.45, 7) is 1.17. The molecule has 1 N–H and O–H groups in total. The van der Waals surface area contributed by atoms with Gasteiger partial charge >= 0.3 is 0 Å². The van der Waals surface area contributed by atoms with E-state index in [1.165, 1.54) is 5.56 Å². The second-order valence-electron chi connectivity index (χ2n) is 4.15. The van der Waals surface area contributed by atoms with Crippen molar-refractivity contribution in [3.63, 3.8) is 0 Å². The van der Waals surface area contributed by atoms with Crippen molar-refractivity contribution < 1.29 is 9.53 Å². The standard InChI is InChI=1S/C13H17NO2/c1-14-9-11(15)8-10-6-7-16-13-5-3-2-4-12(10)13/h2-5,10,14H,6-9H2,1H3. The molecule has 1 aliphatic rings. The molecule has 0 radical (unpaired) electrons. The third-order valence-electron chi connectivity index (χ3n) is 2.93. The minimum absolute atomic E-state index is 0.268. The molecular weight excluding hydrogens is 202 g/mol. The van der Waals surface area contributed by atoms with Crippen molar-refractivity contribution in [1.82, 2.24) is 5.32 Å². The number of nitrogens with one attached hydrogen (secondary N) is 1. The van der Waals surface area contributed by atoms with E-state index >= 15 is 0 Å². The highest BCUT2D eigenvalue weighted by atomic mass is 16.5. The summed E-state index contributed by atoms with van der Waals surface area (Å²) in [7, 11) is 1.80. The molecule has 0 bridgehead atoms. The number of likely N-dealkylation sites (N-methyl/N-ethyl adjacent to an activating group) is 1. The highest BCUT2D eigenvalue weighted by Crippen LogP contribution is 2.35. The number of para-hydroxylation sites is 1. The minimum Gasteiger partial charge on any atom is -0.493 e. The van der Waals surface area contributed by atoms with Gasteiger partial charge < -0.3 is 10.1 Å². The summed E-state index contributed by atoms with van der Waals surface area (Å²) in [4.78, 5) is 11.6. The monoisotopic (exact) mass is 219 g/mol. The Labute approximate surface area is 95.8 Å². The fourth-order valence-electron chi connectivity index (χ4n) is 2.17. The first kappa shape index (κ1) is 11.1. The Morgan fingerprint density at radius 3 is 3.12 bits per heavy atom. The van der Waals surface area contributed by atoms with E-state index in [4.69, 9.17) is 4.74 Å². The van der Waals surface area contributed by atoms with E-state index < -0.39 is 0 Å². The molecule has 1 heterocycles. The van der Waals surface area contributed by atoms with E-state index in [0.29, 0.717) is 25.5 Å². The van der Waals surface area contributed by atoms with Crippen LogP contribution in [0.1, 0.15) is 24.3 Å². The second-order valence-corrected chi connectivity index (χ2v) is 4.15. The number of benzene rings is 1. The molecule has 0 saturated heterocycles. The quantitative estimate of drug-likeness (QED) is 0.838. The molecule has 3 heteroatoms. The Balaban J connectivity index is 2.10. The Hall–Kier alpha value is -1.35. The predicted molar refractivity (Wildman–Crippen MR) is 62.8 cm³/mol. The van der Waals surface area contributed by atoms with Crippen molar-refractivity contribution in [1.29, 1.82) is 0 Å².